The van der Waals surface area contributed by atoms with Crippen LogP contribution >= 0.6 is 0 Å². The summed E-state index contributed by atoms with van der Waals surface area (Å²) in [6, 6.07) is 0.890. The van der Waals surface area contributed by atoms with Gasteiger partial charge in [0.2, 0.25) is 0 Å². The van der Waals surface area contributed by atoms with Crippen molar-refractivity contribution in [1.82, 2.24) is 10.2 Å². The topological polar surface area (TPSA) is 15.3 Å². The lowest BCUT2D eigenvalue weighted by atomic mass is 9.77. The first-order valence-electron chi connectivity index (χ1n) is 9.30. The van der Waals surface area contributed by atoms with Crippen molar-refractivity contribution in [3.05, 3.63) is 0 Å². The Kier molecular flexibility index (Phi) is 3.80. The molecule has 2 nitrogen and oxygen atoms in total. The minimum absolute atomic E-state index is 0.786. The molecule has 0 amide bonds. The summed E-state index contributed by atoms with van der Waals surface area (Å²) in [5.74, 6) is 2.09. The lowest BCUT2D eigenvalue weighted by Crippen LogP contribution is -2.44. The Morgan fingerprint density at radius 1 is 0.900 bits per heavy atom. The second-order valence-corrected chi connectivity index (χ2v) is 8.20. The molecule has 1 aliphatic heterocycles. The molecule has 1 spiro atoms. The van der Waals surface area contributed by atoms with Crippen LogP contribution in [0.15, 0.2) is 0 Å². The molecule has 0 unspecified atom stereocenters. The van der Waals surface area contributed by atoms with Gasteiger partial charge in [-0.15, -0.1) is 0 Å². The minimum atomic E-state index is 0.786. The highest BCUT2D eigenvalue weighted by Gasteiger charge is 2.41. The summed E-state index contributed by atoms with van der Waals surface area (Å²) < 4.78 is 0. The molecule has 20 heavy (non-hydrogen) atoms. The van der Waals surface area contributed by atoms with E-state index in [1.54, 1.807) is 0 Å². The number of hydrogen-bond acceptors (Lipinski definition) is 2. The predicted octanol–water partition coefficient (Wildman–Crippen LogP) is 3.42. The summed E-state index contributed by atoms with van der Waals surface area (Å²) >= 11 is 0. The highest BCUT2D eigenvalue weighted by atomic mass is 15.1. The number of rotatable bonds is 6. The molecular weight excluding hydrogens is 244 g/mol. The average Bonchev–Trinajstić information content (AvgIpc) is 3.38. The Bertz CT molecular complexity index is 304. The van der Waals surface area contributed by atoms with Crippen molar-refractivity contribution in [3.63, 3.8) is 0 Å². The van der Waals surface area contributed by atoms with Crippen LogP contribution in [-0.2, 0) is 0 Å². The third kappa shape index (κ3) is 3.06. The second-order valence-electron chi connectivity index (χ2n) is 8.20. The molecule has 0 aromatic carbocycles. The molecule has 1 N–H and O–H groups in total. The van der Waals surface area contributed by atoms with E-state index in [4.69, 9.17) is 0 Å². The van der Waals surface area contributed by atoms with Gasteiger partial charge < -0.3 is 10.2 Å². The maximum Gasteiger partial charge on any atom is 0.0124 e. The fourth-order valence-corrected chi connectivity index (χ4v) is 4.89. The van der Waals surface area contributed by atoms with Crippen LogP contribution in [0.2, 0.25) is 0 Å². The van der Waals surface area contributed by atoms with Gasteiger partial charge in [-0.25, -0.2) is 0 Å². The van der Waals surface area contributed by atoms with E-state index in [0.717, 1.165) is 23.3 Å². The van der Waals surface area contributed by atoms with Crippen LogP contribution in [-0.4, -0.2) is 37.1 Å². The molecule has 0 radical (unpaired) electrons. The molecule has 0 bridgehead atoms. The number of likely N-dealkylation sites (tertiary alicyclic amines) is 1. The van der Waals surface area contributed by atoms with Gasteiger partial charge >= 0.3 is 0 Å². The van der Waals surface area contributed by atoms with Crippen molar-refractivity contribution in [1.29, 1.82) is 0 Å². The van der Waals surface area contributed by atoms with E-state index in [-0.39, 0.29) is 0 Å². The average molecular weight is 276 g/mol. The first kappa shape index (κ1) is 13.6. The molecule has 114 valence electrons. The molecule has 1 saturated heterocycles. The van der Waals surface area contributed by atoms with Crippen molar-refractivity contribution >= 4 is 0 Å². The Labute approximate surface area is 124 Å². The van der Waals surface area contributed by atoms with Crippen molar-refractivity contribution in [2.75, 3.05) is 26.2 Å². The molecule has 4 aliphatic rings. The van der Waals surface area contributed by atoms with Crippen LogP contribution in [0.4, 0.5) is 0 Å². The zero-order valence-electron chi connectivity index (χ0n) is 13.1. The zero-order chi connectivity index (χ0) is 13.4. The standard InChI is InChI=1S/C18H32N2/c1-2-8-18(7-1)9-12-20(13-10-18)14-11-19-17(15-3-4-15)16-5-6-16/h15-17,19H,1-14H2. The van der Waals surface area contributed by atoms with Gasteiger partial charge in [0.25, 0.3) is 0 Å². The lowest BCUT2D eigenvalue weighted by Gasteiger charge is -2.39. The molecule has 4 rings (SSSR count). The van der Waals surface area contributed by atoms with Gasteiger partial charge in [0.15, 0.2) is 0 Å². The van der Waals surface area contributed by atoms with E-state index in [2.05, 4.69) is 10.2 Å². The smallest absolute Gasteiger partial charge is 0.0124 e. The monoisotopic (exact) mass is 276 g/mol. The maximum absolute atomic E-state index is 3.91. The first-order chi connectivity index (χ1) is 9.85. The summed E-state index contributed by atoms with van der Waals surface area (Å²) in [7, 11) is 0. The van der Waals surface area contributed by atoms with Gasteiger partial charge in [0.05, 0.1) is 0 Å². The van der Waals surface area contributed by atoms with E-state index >= 15 is 0 Å². The zero-order valence-corrected chi connectivity index (χ0v) is 13.1. The van der Waals surface area contributed by atoms with Crippen molar-refractivity contribution in [2.45, 2.75) is 70.3 Å². The van der Waals surface area contributed by atoms with Crippen LogP contribution in [0, 0.1) is 17.3 Å². The quantitative estimate of drug-likeness (QED) is 0.799. The third-order valence-electron chi connectivity index (χ3n) is 6.65. The Balaban J connectivity index is 1.17. The second kappa shape index (κ2) is 5.61. The van der Waals surface area contributed by atoms with E-state index in [9.17, 15) is 0 Å². The van der Waals surface area contributed by atoms with E-state index in [0.29, 0.717) is 0 Å². The molecule has 1 heterocycles. The van der Waals surface area contributed by atoms with Gasteiger partial charge in [-0.05, 0) is 81.7 Å². The highest BCUT2D eigenvalue weighted by Crippen LogP contribution is 2.46. The predicted molar refractivity (Wildman–Crippen MR) is 83.8 cm³/mol. The SMILES string of the molecule is C1CCC2(C1)CCN(CCNC(C1CC1)C1CC1)CC2. The van der Waals surface area contributed by atoms with Gasteiger partial charge in [0, 0.05) is 19.1 Å². The van der Waals surface area contributed by atoms with E-state index in [1.165, 1.54) is 90.4 Å². The summed E-state index contributed by atoms with van der Waals surface area (Å²) in [4.78, 5) is 2.73. The van der Waals surface area contributed by atoms with Gasteiger partial charge in [-0.2, -0.15) is 0 Å². The molecule has 3 aliphatic carbocycles. The van der Waals surface area contributed by atoms with Crippen molar-refractivity contribution in [3.8, 4) is 0 Å². The molecule has 3 saturated carbocycles. The number of nitrogens with zero attached hydrogens (tertiary/aromatic N) is 1. The Morgan fingerprint density at radius 2 is 1.50 bits per heavy atom. The number of nitrogens with one attached hydrogen (secondary N) is 1. The summed E-state index contributed by atoms with van der Waals surface area (Å²) in [5.41, 5.74) is 0.786. The summed E-state index contributed by atoms with van der Waals surface area (Å²) in [5, 5.41) is 3.91. The number of piperidine rings is 1. The fourth-order valence-electron chi connectivity index (χ4n) is 4.89. The molecule has 0 aromatic heterocycles. The minimum Gasteiger partial charge on any atom is -0.312 e. The van der Waals surface area contributed by atoms with Gasteiger partial charge in [-0.1, -0.05) is 12.8 Å². The molecule has 0 atom stereocenters. The number of hydrogen-bond donors (Lipinski definition) is 1. The van der Waals surface area contributed by atoms with E-state index in [1.807, 2.05) is 0 Å². The first-order valence-corrected chi connectivity index (χ1v) is 9.30. The summed E-state index contributed by atoms with van der Waals surface area (Å²) in [6.45, 7) is 5.29. The van der Waals surface area contributed by atoms with E-state index < -0.39 is 0 Å². The highest BCUT2D eigenvalue weighted by molar-refractivity contribution is 4.96. The molecule has 4 fully saturated rings. The largest absolute Gasteiger partial charge is 0.312 e. The third-order valence-corrected chi connectivity index (χ3v) is 6.65. The fraction of sp³-hybridized carbons (Fsp3) is 1.00. The normalized spacial score (nSPS) is 30.4. The van der Waals surface area contributed by atoms with Crippen LogP contribution < -0.4 is 5.32 Å². The molecular formula is C18H32N2. The molecule has 0 aromatic rings. The van der Waals surface area contributed by atoms with Crippen LogP contribution in [0.1, 0.15) is 64.2 Å². The van der Waals surface area contributed by atoms with Gasteiger partial charge in [-0.3, -0.25) is 0 Å². The van der Waals surface area contributed by atoms with Crippen molar-refractivity contribution in [2.24, 2.45) is 17.3 Å². The van der Waals surface area contributed by atoms with Gasteiger partial charge in [0.1, 0.15) is 0 Å². The van der Waals surface area contributed by atoms with Crippen LogP contribution in [0.25, 0.3) is 0 Å². The van der Waals surface area contributed by atoms with Crippen LogP contribution in [0.5, 0.6) is 0 Å². The Hall–Kier alpha value is -0.0800. The summed E-state index contributed by atoms with van der Waals surface area (Å²) in [6.07, 6.45) is 15.1. The van der Waals surface area contributed by atoms with Crippen molar-refractivity contribution < 1.29 is 0 Å². The van der Waals surface area contributed by atoms with Crippen LogP contribution in [0.3, 0.4) is 0 Å². The maximum atomic E-state index is 3.91. The Morgan fingerprint density at radius 3 is 2.05 bits per heavy atom. The molecule has 2 heteroatoms. The lowest BCUT2D eigenvalue weighted by molar-refractivity contribution is 0.108.